The largest absolute Gasteiger partial charge is 0.386 e. The van der Waals surface area contributed by atoms with Gasteiger partial charge in [0.15, 0.2) is 0 Å². The zero-order valence-electron chi connectivity index (χ0n) is 10.8. The maximum absolute atomic E-state index is 13.4. The fraction of sp³-hybridized carbons (Fsp3) is 0.600. The number of halogens is 1. The van der Waals surface area contributed by atoms with Gasteiger partial charge in [0.2, 0.25) is 0 Å². The van der Waals surface area contributed by atoms with Gasteiger partial charge >= 0.3 is 0 Å². The molecule has 1 saturated carbocycles. The summed E-state index contributed by atoms with van der Waals surface area (Å²) in [6.07, 6.45) is 3.81. The highest BCUT2D eigenvalue weighted by Gasteiger charge is 2.20. The summed E-state index contributed by atoms with van der Waals surface area (Å²) in [6.45, 7) is 2.43. The Morgan fingerprint density at radius 1 is 1.28 bits per heavy atom. The Morgan fingerprint density at radius 2 is 1.94 bits per heavy atom. The van der Waals surface area contributed by atoms with Crippen LogP contribution in [0.1, 0.15) is 44.3 Å². The van der Waals surface area contributed by atoms with Gasteiger partial charge in [-0.2, -0.15) is 0 Å². The molecular weight excluding hydrogens is 231 g/mol. The number of aliphatic hydroxyl groups is 1. The molecule has 0 bridgehead atoms. The third-order valence-electron chi connectivity index (χ3n) is 3.72. The van der Waals surface area contributed by atoms with Crippen molar-refractivity contribution in [3.63, 3.8) is 0 Å². The maximum atomic E-state index is 13.4. The van der Waals surface area contributed by atoms with Crippen LogP contribution in [0, 0.1) is 11.7 Å². The second-order valence-corrected chi connectivity index (χ2v) is 5.25. The summed E-state index contributed by atoms with van der Waals surface area (Å²) in [5.41, 5.74) is 0.321. The Balaban J connectivity index is 1.81. The lowest BCUT2D eigenvalue weighted by Crippen LogP contribution is -2.23. The molecule has 0 spiro atoms. The van der Waals surface area contributed by atoms with Crippen LogP contribution in [0.3, 0.4) is 0 Å². The summed E-state index contributed by atoms with van der Waals surface area (Å²) in [6, 6.07) is 6.31. The van der Waals surface area contributed by atoms with Crippen LogP contribution in [0.5, 0.6) is 0 Å². The highest BCUT2D eigenvalue weighted by molar-refractivity contribution is 5.19. The van der Waals surface area contributed by atoms with Gasteiger partial charge in [-0.05, 0) is 37.7 Å². The van der Waals surface area contributed by atoms with Crippen molar-refractivity contribution in [2.24, 2.45) is 5.92 Å². The second kappa shape index (κ2) is 6.30. The number of hydrogen-bond acceptors (Lipinski definition) is 2. The van der Waals surface area contributed by atoms with Crippen LogP contribution in [0.2, 0.25) is 0 Å². The molecule has 0 heterocycles. The van der Waals surface area contributed by atoms with Gasteiger partial charge in [-0.25, -0.2) is 4.39 Å². The zero-order valence-corrected chi connectivity index (χ0v) is 10.8. The summed E-state index contributed by atoms with van der Waals surface area (Å²) >= 11 is 0. The van der Waals surface area contributed by atoms with Gasteiger partial charge in [0, 0.05) is 5.56 Å². The van der Waals surface area contributed by atoms with E-state index in [1.807, 2.05) is 0 Å². The SMILES string of the molecule is CC1CCC(OCC(O)c2ccccc2F)CC1. The van der Waals surface area contributed by atoms with Gasteiger partial charge in [0.05, 0.1) is 12.7 Å². The number of hydrogen-bond donors (Lipinski definition) is 1. The summed E-state index contributed by atoms with van der Waals surface area (Å²) in [4.78, 5) is 0. The average molecular weight is 252 g/mol. The topological polar surface area (TPSA) is 29.5 Å². The van der Waals surface area contributed by atoms with E-state index in [2.05, 4.69) is 6.92 Å². The molecule has 1 aliphatic carbocycles. The quantitative estimate of drug-likeness (QED) is 0.889. The monoisotopic (exact) mass is 252 g/mol. The first-order valence-corrected chi connectivity index (χ1v) is 6.71. The minimum atomic E-state index is -0.870. The molecule has 1 atom stereocenters. The minimum Gasteiger partial charge on any atom is -0.386 e. The van der Waals surface area contributed by atoms with Crippen molar-refractivity contribution < 1.29 is 14.2 Å². The molecule has 1 aromatic carbocycles. The Morgan fingerprint density at radius 3 is 2.61 bits per heavy atom. The standard InChI is InChI=1S/C15H21FO2/c1-11-6-8-12(9-7-11)18-10-15(17)13-4-2-3-5-14(13)16/h2-5,11-12,15,17H,6-10H2,1H3. The highest BCUT2D eigenvalue weighted by atomic mass is 19.1. The van der Waals surface area contributed by atoms with Gasteiger partial charge in [-0.1, -0.05) is 25.1 Å². The molecule has 2 rings (SSSR count). The fourth-order valence-corrected chi connectivity index (χ4v) is 2.46. The Hall–Kier alpha value is -0.930. The van der Waals surface area contributed by atoms with E-state index in [0.29, 0.717) is 5.56 Å². The molecule has 2 nitrogen and oxygen atoms in total. The van der Waals surface area contributed by atoms with Crippen LogP contribution in [-0.2, 0) is 4.74 Å². The normalized spacial score (nSPS) is 25.9. The maximum Gasteiger partial charge on any atom is 0.129 e. The zero-order chi connectivity index (χ0) is 13.0. The average Bonchev–Trinajstić information content (AvgIpc) is 2.38. The molecular formula is C15H21FO2. The van der Waals surface area contributed by atoms with E-state index in [1.54, 1.807) is 18.2 Å². The van der Waals surface area contributed by atoms with Crippen LogP contribution in [0.4, 0.5) is 4.39 Å². The summed E-state index contributed by atoms with van der Waals surface area (Å²) < 4.78 is 19.1. The van der Waals surface area contributed by atoms with Gasteiger partial charge in [-0.15, -0.1) is 0 Å². The molecule has 1 aliphatic rings. The molecule has 100 valence electrons. The predicted octanol–water partition coefficient (Wildman–Crippen LogP) is 3.45. The van der Waals surface area contributed by atoms with Gasteiger partial charge < -0.3 is 9.84 Å². The van der Waals surface area contributed by atoms with Crippen LogP contribution >= 0.6 is 0 Å². The number of aliphatic hydroxyl groups excluding tert-OH is 1. The number of ether oxygens (including phenoxy) is 1. The lowest BCUT2D eigenvalue weighted by atomic mass is 9.89. The number of rotatable bonds is 4. The molecule has 3 heteroatoms. The number of benzene rings is 1. The van der Waals surface area contributed by atoms with E-state index in [-0.39, 0.29) is 18.5 Å². The summed E-state index contributed by atoms with van der Waals surface area (Å²) in [5, 5.41) is 9.92. The van der Waals surface area contributed by atoms with E-state index in [4.69, 9.17) is 4.74 Å². The third-order valence-corrected chi connectivity index (χ3v) is 3.72. The van der Waals surface area contributed by atoms with Gasteiger partial charge in [0.25, 0.3) is 0 Å². The van der Waals surface area contributed by atoms with Crippen LogP contribution in [-0.4, -0.2) is 17.8 Å². The lowest BCUT2D eigenvalue weighted by Gasteiger charge is -2.27. The molecule has 0 aliphatic heterocycles. The van der Waals surface area contributed by atoms with Crippen molar-refractivity contribution in [2.45, 2.75) is 44.8 Å². The van der Waals surface area contributed by atoms with Crippen molar-refractivity contribution in [3.05, 3.63) is 35.6 Å². The van der Waals surface area contributed by atoms with Crippen LogP contribution in [0.15, 0.2) is 24.3 Å². The van der Waals surface area contributed by atoms with E-state index < -0.39 is 6.10 Å². The van der Waals surface area contributed by atoms with Crippen molar-refractivity contribution in [3.8, 4) is 0 Å². The summed E-state index contributed by atoms with van der Waals surface area (Å²) in [7, 11) is 0. The lowest BCUT2D eigenvalue weighted by molar-refractivity contribution is -0.0303. The van der Waals surface area contributed by atoms with E-state index in [1.165, 1.54) is 18.9 Å². The first kappa shape index (κ1) is 13.5. The predicted molar refractivity (Wildman–Crippen MR) is 68.7 cm³/mol. The van der Waals surface area contributed by atoms with Crippen molar-refractivity contribution >= 4 is 0 Å². The molecule has 0 radical (unpaired) electrons. The van der Waals surface area contributed by atoms with Gasteiger partial charge in [0.1, 0.15) is 11.9 Å². The van der Waals surface area contributed by atoms with Crippen LogP contribution in [0.25, 0.3) is 0 Å². The first-order valence-electron chi connectivity index (χ1n) is 6.71. The highest BCUT2D eigenvalue weighted by Crippen LogP contribution is 2.26. The van der Waals surface area contributed by atoms with E-state index in [9.17, 15) is 9.50 Å². The molecule has 0 amide bonds. The van der Waals surface area contributed by atoms with Crippen molar-refractivity contribution in [1.82, 2.24) is 0 Å². The molecule has 0 aromatic heterocycles. The summed E-state index contributed by atoms with van der Waals surface area (Å²) in [5.74, 6) is 0.409. The molecule has 1 unspecified atom stereocenters. The first-order chi connectivity index (χ1) is 8.66. The smallest absolute Gasteiger partial charge is 0.129 e. The van der Waals surface area contributed by atoms with Crippen molar-refractivity contribution in [1.29, 1.82) is 0 Å². The van der Waals surface area contributed by atoms with Crippen LogP contribution < -0.4 is 0 Å². The minimum absolute atomic E-state index is 0.181. The molecule has 1 aromatic rings. The Kier molecular flexibility index (Phi) is 4.72. The Labute approximate surface area is 108 Å². The molecule has 1 N–H and O–H groups in total. The second-order valence-electron chi connectivity index (χ2n) is 5.25. The molecule has 1 fully saturated rings. The van der Waals surface area contributed by atoms with Crippen molar-refractivity contribution in [2.75, 3.05) is 6.61 Å². The van der Waals surface area contributed by atoms with E-state index >= 15 is 0 Å². The molecule has 0 saturated heterocycles. The van der Waals surface area contributed by atoms with E-state index in [0.717, 1.165) is 18.8 Å². The molecule has 18 heavy (non-hydrogen) atoms. The fourth-order valence-electron chi connectivity index (χ4n) is 2.46. The third kappa shape index (κ3) is 3.53. The Bertz CT molecular complexity index is 373. The van der Waals surface area contributed by atoms with Gasteiger partial charge in [-0.3, -0.25) is 0 Å².